The fourth-order valence-corrected chi connectivity index (χ4v) is 5.97. The van der Waals surface area contributed by atoms with Crippen LogP contribution in [0.15, 0.2) is 124 Å². The van der Waals surface area contributed by atoms with Crippen LogP contribution in [0.25, 0.3) is 72.9 Å². The van der Waals surface area contributed by atoms with Crippen LogP contribution in [0.4, 0.5) is 0 Å². The monoisotopic (exact) mass is 512 g/mol. The van der Waals surface area contributed by atoms with Crippen LogP contribution in [-0.2, 0) is 6.42 Å². The van der Waals surface area contributed by atoms with Gasteiger partial charge >= 0.3 is 0 Å². The Balaban J connectivity index is 1.33. The van der Waals surface area contributed by atoms with Gasteiger partial charge in [-0.15, -0.1) is 0 Å². The molecule has 1 aliphatic rings. The van der Waals surface area contributed by atoms with E-state index in [4.69, 9.17) is 8.83 Å². The third kappa shape index (κ3) is 3.60. The van der Waals surface area contributed by atoms with Crippen LogP contribution in [0.3, 0.4) is 0 Å². The Bertz CT molecular complexity index is 2050. The van der Waals surface area contributed by atoms with Gasteiger partial charge in [-0.25, -0.2) is 0 Å². The lowest BCUT2D eigenvalue weighted by atomic mass is 9.90. The SMILES string of the molecule is c1c(-c2ccccc2-c2oc(-c3ccccc3-c3ccccc3)c3c2CCC=C3)cc2c(c#1)oc1ccccc12. The number of benzene rings is 4. The molecular formula is C38H24O2. The average Bonchev–Trinajstić information content (AvgIpc) is 3.60. The summed E-state index contributed by atoms with van der Waals surface area (Å²) in [5, 5.41) is 2.13. The Morgan fingerprint density at radius 3 is 2.12 bits per heavy atom. The number of rotatable bonds is 4. The van der Waals surface area contributed by atoms with Gasteiger partial charge in [0, 0.05) is 44.2 Å². The van der Waals surface area contributed by atoms with Gasteiger partial charge in [0.25, 0.3) is 0 Å². The highest BCUT2D eigenvalue weighted by atomic mass is 16.3. The van der Waals surface area contributed by atoms with Crippen molar-refractivity contribution < 1.29 is 8.83 Å². The molecule has 188 valence electrons. The van der Waals surface area contributed by atoms with Crippen molar-refractivity contribution in [2.24, 2.45) is 0 Å². The summed E-state index contributed by atoms with van der Waals surface area (Å²) in [4.78, 5) is 0. The minimum atomic E-state index is 0.725. The molecule has 0 saturated heterocycles. The zero-order chi connectivity index (χ0) is 26.5. The summed E-state index contributed by atoms with van der Waals surface area (Å²) in [6.45, 7) is 0. The van der Waals surface area contributed by atoms with Gasteiger partial charge in [-0.3, -0.25) is 0 Å². The van der Waals surface area contributed by atoms with Gasteiger partial charge in [0.05, 0.1) is 0 Å². The number of para-hydroxylation sites is 1. The molecule has 0 saturated carbocycles. The summed E-state index contributed by atoms with van der Waals surface area (Å²) in [5.41, 5.74) is 10.6. The van der Waals surface area contributed by atoms with Gasteiger partial charge < -0.3 is 8.83 Å². The van der Waals surface area contributed by atoms with Crippen molar-refractivity contribution in [2.45, 2.75) is 12.8 Å². The molecule has 0 aliphatic heterocycles. The second-order valence-corrected chi connectivity index (χ2v) is 10.2. The topological polar surface area (TPSA) is 26.3 Å². The maximum atomic E-state index is 6.91. The molecule has 0 N–H and O–H groups in total. The Labute approximate surface area is 232 Å². The molecule has 2 nitrogen and oxygen atoms in total. The number of fused-ring (bicyclic) bond motifs is 4. The standard InChI is InChI=1S/C38H24O2/c1-2-12-25(13-3-1)27-14-4-6-17-30(27)37-32-19-8-9-20-33(32)38(40-37)31-18-7-5-15-28(31)26-22-23-36-34(24-26)29-16-10-11-21-35(29)39-36/h1-8,10-19,21,24H,9,20H2. The molecule has 0 spiro atoms. The molecule has 7 aromatic rings. The summed E-state index contributed by atoms with van der Waals surface area (Å²) >= 11 is 0. The highest BCUT2D eigenvalue weighted by Gasteiger charge is 2.25. The molecule has 2 heterocycles. The fraction of sp³-hybridized carbons (Fsp3) is 0.0526. The van der Waals surface area contributed by atoms with Crippen LogP contribution in [-0.4, -0.2) is 0 Å². The summed E-state index contributed by atoms with van der Waals surface area (Å²) in [6, 6.07) is 44.4. The molecular weight excluding hydrogens is 488 g/mol. The van der Waals surface area contributed by atoms with Crippen molar-refractivity contribution in [3.63, 3.8) is 0 Å². The first-order chi connectivity index (χ1) is 19.8. The highest BCUT2D eigenvalue weighted by Crippen LogP contribution is 2.45. The van der Waals surface area contributed by atoms with Gasteiger partial charge in [-0.05, 0) is 42.2 Å². The number of hydrogen-bond donors (Lipinski definition) is 0. The first kappa shape index (κ1) is 22.7. The third-order valence-electron chi connectivity index (χ3n) is 7.85. The predicted molar refractivity (Wildman–Crippen MR) is 163 cm³/mol. The molecule has 0 bridgehead atoms. The van der Waals surface area contributed by atoms with Crippen molar-refractivity contribution in [1.82, 2.24) is 0 Å². The predicted octanol–water partition coefficient (Wildman–Crippen LogP) is 10.4. The lowest BCUT2D eigenvalue weighted by Crippen LogP contribution is -1.94. The summed E-state index contributed by atoms with van der Waals surface area (Å²) in [7, 11) is 0. The first-order valence-electron chi connectivity index (χ1n) is 13.7. The second kappa shape index (κ2) is 9.19. The molecule has 5 aromatic carbocycles. The third-order valence-corrected chi connectivity index (χ3v) is 7.85. The molecule has 0 unspecified atom stereocenters. The Morgan fingerprint density at radius 2 is 1.27 bits per heavy atom. The van der Waals surface area contributed by atoms with Crippen LogP contribution < -0.4 is 0 Å². The molecule has 40 heavy (non-hydrogen) atoms. The largest absolute Gasteiger partial charge is 0.455 e. The average molecular weight is 513 g/mol. The summed E-state index contributed by atoms with van der Waals surface area (Å²) < 4.78 is 12.9. The van der Waals surface area contributed by atoms with Crippen LogP contribution in [0.2, 0.25) is 0 Å². The fourth-order valence-electron chi connectivity index (χ4n) is 5.97. The Morgan fingerprint density at radius 1 is 0.575 bits per heavy atom. The van der Waals surface area contributed by atoms with Crippen LogP contribution in [0.1, 0.15) is 17.5 Å². The van der Waals surface area contributed by atoms with Gasteiger partial charge in [0.15, 0.2) is 5.58 Å². The minimum Gasteiger partial charge on any atom is -0.455 e. The maximum Gasteiger partial charge on any atom is 0.185 e. The molecule has 1 aliphatic carbocycles. The van der Waals surface area contributed by atoms with Gasteiger partial charge in [-0.2, -0.15) is 0 Å². The normalized spacial score (nSPS) is 12.5. The second-order valence-electron chi connectivity index (χ2n) is 10.2. The van der Waals surface area contributed by atoms with Crippen LogP contribution in [0.5, 0.6) is 0 Å². The minimum absolute atomic E-state index is 0.725. The molecule has 2 heteroatoms. The van der Waals surface area contributed by atoms with Gasteiger partial charge in [-0.1, -0.05) is 115 Å². The van der Waals surface area contributed by atoms with E-state index in [-0.39, 0.29) is 0 Å². The lowest BCUT2D eigenvalue weighted by molar-refractivity contribution is 0.594. The van der Waals surface area contributed by atoms with E-state index in [2.05, 4.69) is 115 Å². The molecule has 2 aromatic heterocycles. The van der Waals surface area contributed by atoms with Crippen molar-refractivity contribution in [3.05, 3.63) is 139 Å². The first-order valence-corrected chi connectivity index (χ1v) is 13.7. The molecule has 0 fully saturated rings. The van der Waals surface area contributed by atoms with E-state index >= 15 is 0 Å². The van der Waals surface area contributed by atoms with Crippen LogP contribution >= 0.6 is 0 Å². The van der Waals surface area contributed by atoms with Gasteiger partial charge in [0.2, 0.25) is 0 Å². The number of furan rings is 2. The zero-order valence-electron chi connectivity index (χ0n) is 21.8. The van der Waals surface area contributed by atoms with E-state index in [0.29, 0.717) is 0 Å². The smallest absolute Gasteiger partial charge is 0.185 e. The zero-order valence-corrected chi connectivity index (χ0v) is 21.8. The van der Waals surface area contributed by atoms with E-state index < -0.39 is 0 Å². The number of hydrogen-bond acceptors (Lipinski definition) is 2. The van der Waals surface area contributed by atoms with E-state index in [1.54, 1.807) is 0 Å². The van der Waals surface area contributed by atoms with Crippen molar-refractivity contribution >= 4 is 28.0 Å². The van der Waals surface area contributed by atoms with Crippen molar-refractivity contribution in [1.29, 1.82) is 0 Å². The van der Waals surface area contributed by atoms with E-state index in [0.717, 1.165) is 68.6 Å². The quantitative estimate of drug-likeness (QED) is 0.234. The molecule has 0 amide bonds. The van der Waals surface area contributed by atoms with E-state index in [1.165, 1.54) is 22.3 Å². The maximum absolute atomic E-state index is 6.91. The van der Waals surface area contributed by atoms with E-state index in [1.807, 2.05) is 18.2 Å². The Hall–Kier alpha value is -5.26. The highest BCUT2D eigenvalue weighted by molar-refractivity contribution is 6.06. The summed E-state index contributed by atoms with van der Waals surface area (Å²) in [5.74, 6) is 1.85. The van der Waals surface area contributed by atoms with Gasteiger partial charge in [0.1, 0.15) is 17.1 Å². The van der Waals surface area contributed by atoms with Crippen molar-refractivity contribution in [2.75, 3.05) is 0 Å². The van der Waals surface area contributed by atoms with Crippen LogP contribution in [0, 0.1) is 12.1 Å². The molecule has 8 rings (SSSR count). The Kier molecular flexibility index (Phi) is 5.21. The molecule has 0 radical (unpaired) electrons. The number of allylic oxidation sites excluding steroid dienone is 1. The summed E-state index contributed by atoms with van der Waals surface area (Å²) in [6.07, 6.45) is 6.42. The van der Waals surface area contributed by atoms with E-state index in [9.17, 15) is 0 Å². The lowest BCUT2D eigenvalue weighted by Gasteiger charge is -2.10. The molecule has 0 atom stereocenters. The van der Waals surface area contributed by atoms with Crippen molar-refractivity contribution in [3.8, 4) is 44.9 Å².